The summed E-state index contributed by atoms with van der Waals surface area (Å²) < 4.78 is 5.85. The van der Waals surface area contributed by atoms with Gasteiger partial charge in [0, 0.05) is 32.2 Å². The predicted molar refractivity (Wildman–Crippen MR) is 79.3 cm³/mol. The second-order valence-electron chi connectivity index (χ2n) is 6.13. The summed E-state index contributed by atoms with van der Waals surface area (Å²) >= 11 is 0. The molecule has 0 amide bonds. The zero-order chi connectivity index (χ0) is 13.7. The predicted octanol–water partition coefficient (Wildman–Crippen LogP) is 2.45. The molecule has 0 spiro atoms. The number of rotatable bonds is 4. The van der Waals surface area contributed by atoms with Crippen molar-refractivity contribution in [3.05, 3.63) is 35.9 Å². The van der Waals surface area contributed by atoms with Crippen LogP contribution in [0, 0.1) is 0 Å². The first-order chi connectivity index (χ1) is 9.06. The lowest BCUT2D eigenvalue weighted by Gasteiger charge is -2.37. The maximum Gasteiger partial charge on any atom is 0.0600 e. The highest BCUT2D eigenvalue weighted by atomic mass is 16.5. The molecule has 3 heteroatoms. The molecule has 1 N–H and O–H groups in total. The molecule has 2 rings (SSSR count). The summed E-state index contributed by atoms with van der Waals surface area (Å²) in [6, 6.07) is 11.2. The van der Waals surface area contributed by atoms with Crippen molar-refractivity contribution >= 4 is 0 Å². The van der Waals surface area contributed by atoms with Gasteiger partial charge in [-0.2, -0.15) is 0 Å². The van der Waals surface area contributed by atoms with Crippen molar-refractivity contribution in [2.45, 2.75) is 32.4 Å². The second-order valence-corrected chi connectivity index (χ2v) is 6.13. The van der Waals surface area contributed by atoms with Crippen molar-refractivity contribution < 1.29 is 4.74 Å². The molecule has 1 aliphatic heterocycles. The Bertz CT molecular complexity index is 372. The standard InChI is InChI=1S/C16H26N2O/c1-16(2,3)19-12-11-18-10-9-17-13-15(18)14-7-5-4-6-8-14/h4-8,15,17H,9-13H2,1-3H3. The minimum Gasteiger partial charge on any atom is -0.375 e. The molecule has 0 saturated carbocycles. The molecule has 1 aromatic rings. The zero-order valence-electron chi connectivity index (χ0n) is 12.4. The van der Waals surface area contributed by atoms with Crippen molar-refractivity contribution in [1.29, 1.82) is 0 Å². The van der Waals surface area contributed by atoms with Crippen LogP contribution in [0.25, 0.3) is 0 Å². The van der Waals surface area contributed by atoms with E-state index >= 15 is 0 Å². The summed E-state index contributed by atoms with van der Waals surface area (Å²) in [5.74, 6) is 0. The van der Waals surface area contributed by atoms with Gasteiger partial charge in [-0.1, -0.05) is 30.3 Å². The van der Waals surface area contributed by atoms with Gasteiger partial charge in [-0.15, -0.1) is 0 Å². The molecule has 1 unspecified atom stereocenters. The summed E-state index contributed by atoms with van der Waals surface area (Å²) in [6.45, 7) is 11.3. The van der Waals surface area contributed by atoms with Crippen LogP contribution in [0.5, 0.6) is 0 Å². The van der Waals surface area contributed by atoms with Crippen molar-refractivity contribution in [1.82, 2.24) is 10.2 Å². The van der Waals surface area contributed by atoms with Gasteiger partial charge in [0.05, 0.1) is 12.2 Å². The smallest absolute Gasteiger partial charge is 0.0600 e. The number of piperazine rings is 1. The van der Waals surface area contributed by atoms with E-state index in [4.69, 9.17) is 4.74 Å². The first kappa shape index (κ1) is 14.5. The molecule has 106 valence electrons. The normalized spacial score (nSPS) is 21.5. The molecule has 19 heavy (non-hydrogen) atoms. The average Bonchev–Trinajstić information content (AvgIpc) is 2.39. The van der Waals surface area contributed by atoms with Crippen LogP contribution in [0.2, 0.25) is 0 Å². The van der Waals surface area contributed by atoms with Gasteiger partial charge in [0.25, 0.3) is 0 Å². The van der Waals surface area contributed by atoms with Gasteiger partial charge in [0.1, 0.15) is 0 Å². The Morgan fingerprint density at radius 3 is 2.68 bits per heavy atom. The SMILES string of the molecule is CC(C)(C)OCCN1CCNCC1c1ccccc1. The number of hydrogen-bond donors (Lipinski definition) is 1. The fraction of sp³-hybridized carbons (Fsp3) is 0.625. The van der Waals surface area contributed by atoms with Gasteiger partial charge >= 0.3 is 0 Å². The van der Waals surface area contributed by atoms with Gasteiger partial charge in [-0.25, -0.2) is 0 Å². The Hall–Kier alpha value is -0.900. The summed E-state index contributed by atoms with van der Waals surface area (Å²) in [4.78, 5) is 2.53. The molecule has 0 aliphatic carbocycles. The van der Waals surface area contributed by atoms with E-state index in [2.05, 4.69) is 61.3 Å². The molecule has 1 atom stereocenters. The fourth-order valence-electron chi connectivity index (χ4n) is 2.49. The number of hydrogen-bond acceptors (Lipinski definition) is 3. The Morgan fingerprint density at radius 1 is 1.26 bits per heavy atom. The average molecular weight is 262 g/mol. The monoisotopic (exact) mass is 262 g/mol. The largest absolute Gasteiger partial charge is 0.375 e. The molecule has 1 saturated heterocycles. The third kappa shape index (κ3) is 4.60. The molecule has 1 fully saturated rings. The molecule has 0 radical (unpaired) electrons. The van der Waals surface area contributed by atoms with Gasteiger partial charge < -0.3 is 10.1 Å². The van der Waals surface area contributed by atoms with Crippen LogP contribution in [-0.2, 0) is 4.74 Å². The Balaban J connectivity index is 1.93. The molecule has 0 aromatic heterocycles. The van der Waals surface area contributed by atoms with Crippen LogP contribution in [-0.4, -0.2) is 43.3 Å². The maximum absolute atomic E-state index is 5.85. The van der Waals surface area contributed by atoms with E-state index in [1.165, 1.54) is 5.56 Å². The van der Waals surface area contributed by atoms with Crippen LogP contribution >= 0.6 is 0 Å². The molecule has 1 aliphatic rings. The number of ether oxygens (including phenoxy) is 1. The van der Waals surface area contributed by atoms with Crippen LogP contribution in [0.1, 0.15) is 32.4 Å². The summed E-state index contributed by atoms with van der Waals surface area (Å²) in [6.07, 6.45) is 0. The highest BCUT2D eigenvalue weighted by Gasteiger charge is 2.23. The van der Waals surface area contributed by atoms with Gasteiger partial charge in [-0.05, 0) is 26.3 Å². The lowest BCUT2D eigenvalue weighted by atomic mass is 10.0. The topological polar surface area (TPSA) is 24.5 Å². The van der Waals surface area contributed by atoms with E-state index in [0.29, 0.717) is 6.04 Å². The maximum atomic E-state index is 5.85. The first-order valence-corrected chi connectivity index (χ1v) is 7.20. The van der Waals surface area contributed by atoms with E-state index in [-0.39, 0.29) is 5.60 Å². The van der Waals surface area contributed by atoms with E-state index in [0.717, 1.165) is 32.8 Å². The lowest BCUT2D eigenvalue weighted by Crippen LogP contribution is -2.47. The Kier molecular flexibility index (Phi) is 4.97. The van der Waals surface area contributed by atoms with Crippen molar-refractivity contribution in [2.75, 3.05) is 32.8 Å². The summed E-state index contributed by atoms with van der Waals surface area (Å²) in [7, 11) is 0. The molecule has 1 heterocycles. The zero-order valence-corrected chi connectivity index (χ0v) is 12.4. The van der Waals surface area contributed by atoms with Crippen molar-refractivity contribution in [3.63, 3.8) is 0 Å². The van der Waals surface area contributed by atoms with E-state index in [9.17, 15) is 0 Å². The van der Waals surface area contributed by atoms with E-state index < -0.39 is 0 Å². The van der Waals surface area contributed by atoms with Gasteiger partial charge in [-0.3, -0.25) is 4.90 Å². The van der Waals surface area contributed by atoms with Gasteiger partial charge in [0.15, 0.2) is 0 Å². The first-order valence-electron chi connectivity index (χ1n) is 7.20. The molecule has 1 aromatic carbocycles. The minimum absolute atomic E-state index is 0.0454. The molecular weight excluding hydrogens is 236 g/mol. The van der Waals surface area contributed by atoms with Crippen LogP contribution in [0.3, 0.4) is 0 Å². The Labute approximate surface area is 116 Å². The molecular formula is C16H26N2O. The highest BCUT2D eigenvalue weighted by molar-refractivity contribution is 5.20. The lowest BCUT2D eigenvalue weighted by molar-refractivity contribution is -0.0199. The van der Waals surface area contributed by atoms with Gasteiger partial charge in [0.2, 0.25) is 0 Å². The Morgan fingerprint density at radius 2 is 2.00 bits per heavy atom. The molecule has 3 nitrogen and oxygen atoms in total. The highest BCUT2D eigenvalue weighted by Crippen LogP contribution is 2.21. The number of nitrogens with zero attached hydrogens (tertiary/aromatic N) is 1. The third-order valence-electron chi connectivity index (χ3n) is 3.45. The van der Waals surface area contributed by atoms with Crippen LogP contribution < -0.4 is 5.32 Å². The van der Waals surface area contributed by atoms with Crippen molar-refractivity contribution in [2.24, 2.45) is 0 Å². The number of nitrogens with one attached hydrogen (secondary N) is 1. The van der Waals surface area contributed by atoms with Crippen LogP contribution in [0.4, 0.5) is 0 Å². The van der Waals surface area contributed by atoms with E-state index in [1.54, 1.807) is 0 Å². The van der Waals surface area contributed by atoms with Crippen LogP contribution in [0.15, 0.2) is 30.3 Å². The third-order valence-corrected chi connectivity index (χ3v) is 3.45. The van der Waals surface area contributed by atoms with E-state index in [1.807, 2.05) is 0 Å². The summed E-state index contributed by atoms with van der Waals surface area (Å²) in [5, 5.41) is 3.49. The molecule has 0 bridgehead atoms. The summed E-state index contributed by atoms with van der Waals surface area (Å²) in [5.41, 5.74) is 1.35. The van der Waals surface area contributed by atoms with Crippen molar-refractivity contribution in [3.8, 4) is 0 Å². The minimum atomic E-state index is -0.0454. The second kappa shape index (κ2) is 6.51. The quantitative estimate of drug-likeness (QED) is 0.902. The number of benzene rings is 1. The fourth-order valence-corrected chi connectivity index (χ4v) is 2.49.